The summed E-state index contributed by atoms with van der Waals surface area (Å²) in [5.74, 6) is 0.124. The first-order chi connectivity index (χ1) is 9.99. The zero-order chi connectivity index (χ0) is 15.8. The molecule has 22 heavy (non-hydrogen) atoms. The van der Waals surface area contributed by atoms with Gasteiger partial charge in [-0.3, -0.25) is 9.59 Å². The molecule has 6 heteroatoms. The molecule has 2 amide bonds. The first-order valence-corrected chi connectivity index (χ1v) is 7.22. The van der Waals surface area contributed by atoms with Gasteiger partial charge in [0.05, 0.1) is 0 Å². The zero-order valence-corrected chi connectivity index (χ0v) is 14.6. The molecule has 0 fully saturated rings. The van der Waals surface area contributed by atoms with Crippen molar-refractivity contribution in [1.29, 1.82) is 0 Å². The van der Waals surface area contributed by atoms with Crippen LogP contribution in [0.1, 0.15) is 29.3 Å². The molecule has 0 radical (unpaired) electrons. The monoisotopic (exact) mass is 327 g/mol. The number of nitrogens with one attached hydrogen (secondary N) is 1. The van der Waals surface area contributed by atoms with E-state index in [1.54, 1.807) is 19.0 Å². The fraction of sp³-hybridized carbons (Fsp3) is 0.500. The van der Waals surface area contributed by atoms with Gasteiger partial charge in [0.1, 0.15) is 0 Å². The van der Waals surface area contributed by atoms with E-state index in [4.69, 9.17) is 0 Å². The summed E-state index contributed by atoms with van der Waals surface area (Å²) in [5.41, 5.74) is 1.69. The van der Waals surface area contributed by atoms with Gasteiger partial charge < -0.3 is 15.1 Å². The Morgan fingerprint density at radius 1 is 1.14 bits per heavy atom. The predicted molar refractivity (Wildman–Crippen MR) is 91.3 cm³/mol. The lowest BCUT2D eigenvalue weighted by Crippen LogP contribution is -2.32. The fourth-order valence-electron chi connectivity index (χ4n) is 2.00. The molecule has 0 unspecified atom stereocenters. The second-order valence-electron chi connectivity index (χ2n) is 5.16. The Labute approximate surface area is 139 Å². The smallest absolute Gasteiger partial charge is 0.253 e. The van der Waals surface area contributed by atoms with Crippen molar-refractivity contribution in [3.05, 3.63) is 35.4 Å². The van der Waals surface area contributed by atoms with Crippen LogP contribution in [0.5, 0.6) is 0 Å². The quantitative estimate of drug-likeness (QED) is 0.830. The van der Waals surface area contributed by atoms with Crippen molar-refractivity contribution in [2.75, 3.05) is 34.2 Å². The van der Waals surface area contributed by atoms with Crippen LogP contribution in [-0.4, -0.2) is 55.8 Å². The molecular formula is C16H26ClN3O2. The first-order valence-electron chi connectivity index (χ1n) is 7.22. The standard InChI is InChI=1S/C16H25N3O2.ClH/c1-5-19(15(20)10-11-17-2)12-13-6-8-14(9-7-13)16(21)18(3)4;/h6-9,17H,5,10-12H2,1-4H3;1H. The summed E-state index contributed by atoms with van der Waals surface area (Å²) in [6, 6.07) is 7.43. The van der Waals surface area contributed by atoms with Gasteiger partial charge in [-0.25, -0.2) is 0 Å². The molecular weight excluding hydrogens is 302 g/mol. The maximum Gasteiger partial charge on any atom is 0.253 e. The highest BCUT2D eigenvalue weighted by atomic mass is 35.5. The van der Waals surface area contributed by atoms with Crippen LogP contribution in [0.3, 0.4) is 0 Å². The number of nitrogens with zero attached hydrogens (tertiary/aromatic N) is 2. The number of benzene rings is 1. The van der Waals surface area contributed by atoms with E-state index in [-0.39, 0.29) is 24.2 Å². The molecule has 0 aromatic heterocycles. The van der Waals surface area contributed by atoms with Crippen molar-refractivity contribution in [1.82, 2.24) is 15.1 Å². The second kappa shape index (κ2) is 10.2. The number of carbonyl (C=O) groups excluding carboxylic acids is 2. The molecule has 0 heterocycles. The van der Waals surface area contributed by atoms with Crippen LogP contribution in [0.15, 0.2) is 24.3 Å². The molecule has 1 N–H and O–H groups in total. The average Bonchev–Trinajstić information content (AvgIpc) is 2.49. The Kier molecular flexibility index (Phi) is 9.45. The van der Waals surface area contributed by atoms with Crippen LogP contribution < -0.4 is 5.32 Å². The highest BCUT2D eigenvalue weighted by molar-refractivity contribution is 5.93. The molecule has 1 rings (SSSR count). The van der Waals surface area contributed by atoms with E-state index < -0.39 is 0 Å². The van der Waals surface area contributed by atoms with E-state index in [9.17, 15) is 9.59 Å². The van der Waals surface area contributed by atoms with Gasteiger partial charge in [-0.15, -0.1) is 12.4 Å². The van der Waals surface area contributed by atoms with E-state index in [1.165, 1.54) is 0 Å². The fourth-order valence-corrected chi connectivity index (χ4v) is 2.00. The predicted octanol–water partition coefficient (Wildman–Crippen LogP) is 1.77. The minimum Gasteiger partial charge on any atom is -0.345 e. The van der Waals surface area contributed by atoms with Crippen LogP contribution in [0, 0.1) is 0 Å². The molecule has 1 aromatic carbocycles. The van der Waals surface area contributed by atoms with E-state index in [0.717, 1.165) is 5.56 Å². The Morgan fingerprint density at radius 2 is 1.73 bits per heavy atom. The summed E-state index contributed by atoms with van der Waals surface area (Å²) < 4.78 is 0. The lowest BCUT2D eigenvalue weighted by atomic mass is 10.1. The van der Waals surface area contributed by atoms with Gasteiger partial charge in [-0.1, -0.05) is 12.1 Å². The van der Waals surface area contributed by atoms with Gasteiger partial charge in [-0.05, 0) is 31.7 Å². The molecule has 0 saturated heterocycles. The molecule has 124 valence electrons. The molecule has 1 aromatic rings. The largest absolute Gasteiger partial charge is 0.345 e. The summed E-state index contributed by atoms with van der Waals surface area (Å²) in [6.07, 6.45) is 0.502. The molecule has 0 saturated carbocycles. The van der Waals surface area contributed by atoms with E-state index in [0.29, 0.717) is 31.6 Å². The molecule has 0 aliphatic carbocycles. The van der Waals surface area contributed by atoms with Gasteiger partial charge in [-0.2, -0.15) is 0 Å². The van der Waals surface area contributed by atoms with E-state index in [1.807, 2.05) is 43.1 Å². The maximum atomic E-state index is 12.0. The molecule has 0 spiro atoms. The normalized spacial score (nSPS) is 9.82. The molecule has 0 bridgehead atoms. The second-order valence-corrected chi connectivity index (χ2v) is 5.16. The van der Waals surface area contributed by atoms with Crippen molar-refractivity contribution in [3.63, 3.8) is 0 Å². The molecule has 0 atom stereocenters. The Morgan fingerprint density at radius 3 is 2.18 bits per heavy atom. The lowest BCUT2D eigenvalue weighted by Gasteiger charge is -2.21. The SMILES string of the molecule is CCN(Cc1ccc(C(=O)N(C)C)cc1)C(=O)CCNC.Cl. The van der Waals surface area contributed by atoms with E-state index in [2.05, 4.69) is 5.32 Å². The van der Waals surface area contributed by atoms with Crippen molar-refractivity contribution in [2.24, 2.45) is 0 Å². The highest BCUT2D eigenvalue weighted by Crippen LogP contribution is 2.10. The van der Waals surface area contributed by atoms with Crippen LogP contribution >= 0.6 is 12.4 Å². The third-order valence-corrected chi connectivity index (χ3v) is 3.30. The third-order valence-electron chi connectivity index (χ3n) is 3.30. The number of halogens is 1. The highest BCUT2D eigenvalue weighted by Gasteiger charge is 2.12. The zero-order valence-electron chi connectivity index (χ0n) is 13.8. The number of carbonyl (C=O) groups is 2. The number of rotatable bonds is 7. The minimum absolute atomic E-state index is 0. The Bertz CT molecular complexity index is 475. The minimum atomic E-state index is -0.0148. The molecule has 0 aliphatic heterocycles. The third kappa shape index (κ3) is 6.03. The summed E-state index contributed by atoms with van der Waals surface area (Å²) in [4.78, 5) is 27.2. The molecule has 0 aliphatic rings. The Balaban J connectivity index is 0.00000441. The lowest BCUT2D eigenvalue weighted by molar-refractivity contribution is -0.131. The summed E-state index contributed by atoms with van der Waals surface area (Å²) >= 11 is 0. The number of hydrogen-bond donors (Lipinski definition) is 1. The van der Waals surface area contributed by atoms with Crippen molar-refractivity contribution in [3.8, 4) is 0 Å². The van der Waals surface area contributed by atoms with Gasteiger partial charge in [0.25, 0.3) is 5.91 Å². The van der Waals surface area contributed by atoms with Gasteiger partial charge in [0.15, 0.2) is 0 Å². The summed E-state index contributed by atoms with van der Waals surface area (Å²) in [6.45, 7) is 3.92. The van der Waals surface area contributed by atoms with Gasteiger partial charge in [0, 0.05) is 45.7 Å². The van der Waals surface area contributed by atoms with Crippen LogP contribution in [-0.2, 0) is 11.3 Å². The van der Waals surface area contributed by atoms with E-state index >= 15 is 0 Å². The molecule has 5 nitrogen and oxygen atoms in total. The van der Waals surface area contributed by atoms with Crippen molar-refractivity contribution < 1.29 is 9.59 Å². The Hall–Kier alpha value is -1.59. The van der Waals surface area contributed by atoms with Crippen LogP contribution in [0.25, 0.3) is 0 Å². The maximum absolute atomic E-state index is 12.0. The number of amides is 2. The average molecular weight is 328 g/mol. The van der Waals surface area contributed by atoms with Crippen LogP contribution in [0.4, 0.5) is 0 Å². The van der Waals surface area contributed by atoms with Gasteiger partial charge in [0.2, 0.25) is 5.91 Å². The first kappa shape index (κ1) is 20.4. The topological polar surface area (TPSA) is 52.7 Å². The summed E-state index contributed by atoms with van der Waals surface area (Å²) in [5, 5.41) is 2.98. The van der Waals surface area contributed by atoms with Crippen molar-refractivity contribution >= 4 is 24.2 Å². The number of hydrogen-bond acceptors (Lipinski definition) is 3. The van der Waals surface area contributed by atoms with Gasteiger partial charge >= 0.3 is 0 Å². The van der Waals surface area contributed by atoms with Crippen LogP contribution in [0.2, 0.25) is 0 Å². The van der Waals surface area contributed by atoms with Crippen molar-refractivity contribution in [2.45, 2.75) is 19.9 Å². The summed E-state index contributed by atoms with van der Waals surface area (Å²) in [7, 11) is 5.30.